The topological polar surface area (TPSA) is 12.0 Å². The fourth-order valence-corrected chi connectivity index (χ4v) is 1.95. The maximum Gasteiger partial charge on any atom is 0.00751 e. The molecule has 0 aromatic rings. The van der Waals surface area contributed by atoms with E-state index in [1.807, 2.05) is 0 Å². The molecule has 72 valence electrons. The van der Waals surface area contributed by atoms with Crippen molar-refractivity contribution in [1.82, 2.24) is 5.32 Å². The molecule has 0 unspecified atom stereocenters. The van der Waals surface area contributed by atoms with Crippen LogP contribution in [0.3, 0.4) is 0 Å². The molecule has 0 spiro atoms. The zero-order valence-electron chi connectivity index (χ0n) is 8.52. The van der Waals surface area contributed by atoms with E-state index in [9.17, 15) is 0 Å². The van der Waals surface area contributed by atoms with E-state index in [0.717, 1.165) is 6.04 Å². The molecule has 1 aliphatic carbocycles. The van der Waals surface area contributed by atoms with Gasteiger partial charge >= 0.3 is 0 Å². The van der Waals surface area contributed by atoms with Gasteiger partial charge in [-0.2, -0.15) is 11.8 Å². The summed E-state index contributed by atoms with van der Waals surface area (Å²) in [5.41, 5.74) is 0. The van der Waals surface area contributed by atoms with Crippen LogP contribution < -0.4 is 5.32 Å². The average Bonchev–Trinajstić information content (AvgIpc) is 2.68. The smallest absolute Gasteiger partial charge is 0.00751 e. The average molecular weight is 187 g/mol. The van der Waals surface area contributed by atoms with Gasteiger partial charge in [0.15, 0.2) is 0 Å². The summed E-state index contributed by atoms with van der Waals surface area (Å²) >= 11 is 2.07. The summed E-state index contributed by atoms with van der Waals surface area (Å²) < 4.78 is 0.444. The van der Waals surface area contributed by atoms with Gasteiger partial charge in [-0.15, -0.1) is 0 Å². The highest BCUT2D eigenvalue weighted by atomic mass is 32.2. The van der Waals surface area contributed by atoms with E-state index in [2.05, 4.69) is 37.8 Å². The van der Waals surface area contributed by atoms with Crippen molar-refractivity contribution in [2.24, 2.45) is 0 Å². The zero-order chi connectivity index (χ0) is 9.03. The second kappa shape index (κ2) is 4.52. The lowest BCUT2D eigenvalue weighted by atomic mass is 10.3. The third-order valence-corrected chi connectivity index (χ3v) is 3.23. The van der Waals surface area contributed by atoms with Gasteiger partial charge in [0.25, 0.3) is 0 Å². The van der Waals surface area contributed by atoms with Crippen molar-refractivity contribution >= 4 is 11.8 Å². The van der Waals surface area contributed by atoms with Crippen LogP contribution in [0.25, 0.3) is 0 Å². The van der Waals surface area contributed by atoms with Crippen LogP contribution in [0.15, 0.2) is 0 Å². The molecule has 1 rings (SSSR count). The normalized spacial score (nSPS) is 18.2. The molecular formula is C10H21NS. The molecule has 1 saturated carbocycles. The van der Waals surface area contributed by atoms with Gasteiger partial charge in [0.05, 0.1) is 0 Å². The van der Waals surface area contributed by atoms with Gasteiger partial charge in [-0.05, 0) is 31.6 Å². The van der Waals surface area contributed by atoms with Crippen LogP contribution in [-0.4, -0.2) is 23.1 Å². The fraction of sp³-hybridized carbons (Fsp3) is 1.00. The number of hydrogen-bond acceptors (Lipinski definition) is 2. The van der Waals surface area contributed by atoms with Crippen LogP contribution in [0.4, 0.5) is 0 Å². The van der Waals surface area contributed by atoms with Crippen molar-refractivity contribution in [3.05, 3.63) is 0 Å². The summed E-state index contributed by atoms with van der Waals surface area (Å²) in [6.07, 6.45) is 4.14. The predicted molar refractivity (Wildman–Crippen MR) is 57.9 cm³/mol. The van der Waals surface area contributed by atoms with Gasteiger partial charge in [0.1, 0.15) is 0 Å². The predicted octanol–water partition coefficient (Wildman–Crippen LogP) is 2.66. The minimum absolute atomic E-state index is 0.444. The van der Waals surface area contributed by atoms with Crippen LogP contribution in [0.5, 0.6) is 0 Å². The van der Waals surface area contributed by atoms with E-state index in [1.165, 1.54) is 31.6 Å². The van der Waals surface area contributed by atoms with Crippen LogP contribution in [0, 0.1) is 0 Å². The molecule has 12 heavy (non-hydrogen) atoms. The van der Waals surface area contributed by atoms with Crippen molar-refractivity contribution in [2.45, 2.75) is 50.8 Å². The second-order valence-corrected chi connectivity index (χ2v) is 6.46. The van der Waals surface area contributed by atoms with E-state index in [-0.39, 0.29) is 0 Å². The van der Waals surface area contributed by atoms with E-state index in [4.69, 9.17) is 0 Å². The zero-order valence-corrected chi connectivity index (χ0v) is 9.34. The van der Waals surface area contributed by atoms with Crippen LogP contribution in [-0.2, 0) is 0 Å². The molecule has 0 amide bonds. The monoisotopic (exact) mass is 187 g/mol. The minimum atomic E-state index is 0.444. The Morgan fingerprint density at radius 3 is 2.50 bits per heavy atom. The molecule has 2 heteroatoms. The number of thioether (sulfide) groups is 1. The van der Waals surface area contributed by atoms with Crippen molar-refractivity contribution in [3.8, 4) is 0 Å². The Labute approximate surface area is 80.7 Å². The van der Waals surface area contributed by atoms with E-state index >= 15 is 0 Å². The van der Waals surface area contributed by atoms with Crippen molar-refractivity contribution in [1.29, 1.82) is 0 Å². The Morgan fingerprint density at radius 1 is 1.33 bits per heavy atom. The molecule has 0 aromatic heterocycles. The molecule has 1 aliphatic rings. The summed E-state index contributed by atoms with van der Waals surface area (Å²) in [4.78, 5) is 0. The van der Waals surface area contributed by atoms with Gasteiger partial charge in [-0.1, -0.05) is 20.8 Å². The third kappa shape index (κ3) is 5.90. The molecule has 0 saturated heterocycles. The summed E-state index contributed by atoms with van der Waals surface area (Å²) in [6, 6.07) is 0.879. The van der Waals surface area contributed by atoms with Crippen LogP contribution in [0.1, 0.15) is 40.0 Å². The molecule has 0 aromatic carbocycles. The number of nitrogens with one attached hydrogen (secondary N) is 1. The first-order valence-corrected chi connectivity index (χ1v) is 5.94. The summed E-state index contributed by atoms with van der Waals surface area (Å²) in [6.45, 7) is 8.07. The van der Waals surface area contributed by atoms with Gasteiger partial charge in [-0.3, -0.25) is 0 Å². The van der Waals surface area contributed by atoms with Gasteiger partial charge < -0.3 is 5.32 Å². The van der Waals surface area contributed by atoms with Crippen molar-refractivity contribution in [2.75, 3.05) is 12.3 Å². The summed E-state index contributed by atoms with van der Waals surface area (Å²) in [7, 11) is 0. The lowest BCUT2D eigenvalue weighted by Crippen LogP contribution is -2.18. The molecule has 1 nitrogen and oxygen atoms in total. The summed E-state index contributed by atoms with van der Waals surface area (Å²) in [5, 5.41) is 3.53. The molecule has 0 atom stereocenters. The number of rotatable bonds is 5. The van der Waals surface area contributed by atoms with Gasteiger partial charge in [0.2, 0.25) is 0 Å². The van der Waals surface area contributed by atoms with Gasteiger partial charge in [0, 0.05) is 10.8 Å². The van der Waals surface area contributed by atoms with E-state index in [1.54, 1.807) is 0 Å². The largest absolute Gasteiger partial charge is 0.314 e. The highest BCUT2D eigenvalue weighted by Crippen LogP contribution is 2.23. The fourth-order valence-electron chi connectivity index (χ4n) is 1.04. The highest BCUT2D eigenvalue weighted by molar-refractivity contribution is 8.00. The molecule has 1 N–H and O–H groups in total. The van der Waals surface area contributed by atoms with Crippen LogP contribution >= 0.6 is 11.8 Å². The second-order valence-electron chi connectivity index (χ2n) is 4.54. The van der Waals surface area contributed by atoms with Crippen molar-refractivity contribution < 1.29 is 0 Å². The lowest BCUT2D eigenvalue weighted by molar-refractivity contribution is 0.672. The Morgan fingerprint density at radius 2 is 2.00 bits per heavy atom. The quantitative estimate of drug-likeness (QED) is 0.664. The third-order valence-electron chi connectivity index (χ3n) is 1.87. The molecule has 1 fully saturated rings. The summed E-state index contributed by atoms with van der Waals surface area (Å²) in [5.74, 6) is 1.29. The Balaban J connectivity index is 1.82. The number of hydrogen-bond donors (Lipinski definition) is 1. The lowest BCUT2D eigenvalue weighted by Gasteiger charge is -2.17. The van der Waals surface area contributed by atoms with E-state index in [0.29, 0.717) is 4.75 Å². The molecule has 0 radical (unpaired) electrons. The maximum absolute atomic E-state index is 3.53. The maximum atomic E-state index is 3.53. The SMILES string of the molecule is CC(C)(C)SCCCNC1CC1. The Hall–Kier alpha value is 0.310. The minimum Gasteiger partial charge on any atom is -0.314 e. The Bertz CT molecular complexity index is 124. The van der Waals surface area contributed by atoms with Gasteiger partial charge in [-0.25, -0.2) is 0 Å². The van der Waals surface area contributed by atoms with Crippen LogP contribution in [0.2, 0.25) is 0 Å². The van der Waals surface area contributed by atoms with Crippen molar-refractivity contribution in [3.63, 3.8) is 0 Å². The highest BCUT2D eigenvalue weighted by Gasteiger charge is 2.19. The molecule has 0 aliphatic heterocycles. The first-order chi connectivity index (χ1) is 5.58. The first-order valence-electron chi connectivity index (χ1n) is 4.95. The molecular weight excluding hydrogens is 166 g/mol. The molecule has 0 heterocycles. The molecule has 0 bridgehead atoms. The Kier molecular flexibility index (Phi) is 3.91. The van der Waals surface area contributed by atoms with E-state index < -0.39 is 0 Å². The standard InChI is InChI=1S/C10H21NS/c1-10(2,3)12-8-4-7-11-9-5-6-9/h9,11H,4-8H2,1-3H3. The first kappa shape index (κ1) is 10.4.